The lowest BCUT2D eigenvalue weighted by Gasteiger charge is -1.85. The Morgan fingerprint density at radius 3 is 3.00 bits per heavy atom. The van der Waals surface area contributed by atoms with Gasteiger partial charge in [-0.3, -0.25) is 4.40 Å². The summed E-state index contributed by atoms with van der Waals surface area (Å²) in [6.45, 7) is 0.462. The highest BCUT2D eigenvalue weighted by molar-refractivity contribution is 8.93. The number of nitrogens with zero attached hydrogens (tertiary/aromatic N) is 3. The number of hydrogen-bond donors (Lipinski definition) is 1. The number of fused-ring (bicyclic) bond motifs is 1. The summed E-state index contributed by atoms with van der Waals surface area (Å²) in [7, 11) is 0. The maximum absolute atomic E-state index is 5.41. The van der Waals surface area contributed by atoms with Crippen LogP contribution < -0.4 is 5.73 Å². The van der Waals surface area contributed by atoms with Crippen molar-refractivity contribution < 1.29 is 0 Å². The highest BCUT2D eigenvalue weighted by Gasteiger charge is 1.97. The van der Waals surface area contributed by atoms with Crippen LogP contribution in [0.2, 0.25) is 0 Å². The molecule has 4 nitrogen and oxygen atoms in total. The predicted octanol–water partition coefficient (Wildman–Crippen LogP) is 0.766. The van der Waals surface area contributed by atoms with Crippen LogP contribution in [0.15, 0.2) is 24.7 Å². The van der Waals surface area contributed by atoms with Crippen LogP contribution in [0.25, 0.3) is 5.78 Å². The Bertz CT molecular complexity index is 337. The van der Waals surface area contributed by atoms with Gasteiger partial charge in [0.2, 0.25) is 5.78 Å². The summed E-state index contributed by atoms with van der Waals surface area (Å²) in [5, 5.41) is 0. The largest absolute Gasteiger partial charge is 0.325 e. The van der Waals surface area contributed by atoms with E-state index in [1.807, 2.05) is 22.9 Å². The van der Waals surface area contributed by atoms with Crippen LogP contribution in [0, 0.1) is 0 Å². The maximum Gasteiger partial charge on any atom is 0.233 e. The van der Waals surface area contributed by atoms with Crippen molar-refractivity contribution in [3.8, 4) is 0 Å². The number of halogens is 1. The number of aromatic nitrogens is 3. The number of nitrogens with two attached hydrogens (primary N) is 1. The van der Waals surface area contributed by atoms with Crippen molar-refractivity contribution in [3.63, 3.8) is 0 Å². The molecule has 0 aliphatic heterocycles. The molecule has 0 bridgehead atoms. The normalized spacial score (nSPS) is 9.75. The zero-order chi connectivity index (χ0) is 7.68. The molecule has 0 saturated heterocycles. The van der Waals surface area contributed by atoms with Gasteiger partial charge in [0.25, 0.3) is 0 Å². The van der Waals surface area contributed by atoms with E-state index in [1.165, 1.54) is 0 Å². The summed E-state index contributed by atoms with van der Waals surface area (Å²) in [6.07, 6.45) is 5.49. The standard InChI is InChI=1S/C7H8N4.BrH/c8-4-6-5-11-3-1-2-9-7(11)10-6;/h1-3,5H,4,8H2;1H. The van der Waals surface area contributed by atoms with Gasteiger partial charge in [-0.15, -0.1) is 17.0 Å². The van der Waals surface area contributed by atoms with Gasteiger partial charge < -0.3 is 5.73 Å². The van der Waals surface area contributed by atoms with Crippen molar-refractivity contribution in [1.29, 1.82) is 0 Å². The van der Waals surface area contributed by atoms with Crippen molar-refractivity contribution in [3.05, 3.63) is 30.4 Å². The van der Waals surface area contributed by atoms with Crippen LogP contribution in [-0.2, 0) is 6.54 Å². The zero-order valence-electron chi connectivity index (χ0n) is 6.34. The van der Waals surface area contributed by atoms with E-state index < -0.39 is 0 Å². The lowest BCUT2D eigenvalue weighted by molar-refractivity contribution is 1.01. The average Bonchev–Trinajstić information content (AvgIpc) is 2.46. The third-order valence-corrected chi connectivity index (χ3v) is 1.49. The van der Waals surface area contributed by atoms with Crippen molar-refractivity contribution in [2.45, 2.75) is 6.54 Å². The van der Waals surface area contributed by atoms with Crippen LogP contribution in [-0.4, -0.2) is 14.4 Å². The molecular formula is C7H9BrN4. The third-order valence-electron chi connectivity index (χ3n) is 1.49. The summed E-state index contributed by atoms with van der Waals surface area (Å²) in [5.74, 6) is 0.702. The van der Waals surface area contributed by atoms with E-state index >= 15 is 0 Å². The fourth-order valence-corrected chi connectivity index (χ4v) is 0.978. The minimum Gasteiger partial charge on any atom is -0.325 e. The van der Waals surface area contributed by atoms with Gasteiger partial charge in [-0.1, -0.05) is 0 Å². The Morgan fingerprint density at radius 1 is 1.50 bits per heavy atom. The summed E-state index contributed by atoms with van der Waals surface area (Å²) < 4.78 is 1.85. The van der Waals surface area contributed by atoms with Crippen LogP contribution in [0.4, 0.5) is 0 Å². The van der Waals surface area contributed by atoms with Crippen LogP contribution in [0.5, 0.6) is 0 Å². The molecule has 0 aliphatic carbocycles. The van der Waals surface area contributed by atoms with E-state index in [0.717, 1.165) is 5.69 Å². The molecule has 2 heterocycles. The Morgan fingerprint density at radius 2 is 2.33 bits per heavy atom. The number of rotatable bonds is 1. The molecule has 0 unspecified atom stereocenters. The topological polar surface area (TPSA) is 56.2 Å². The molecule has 0 spiro atoms. The lowest BCUT2D eigenvalue weighted by Crippen LogP contribution is -1.95. The van der Waals surface area contributed by atoms with Crippen molar-refractivity contribution in [2.24, 2.45) is 5.73 Å². The monoisotopic (exact) mass is 228 g/mol. The lowest BCUT2D eigenvalue weighted by atomic mass is 10.5. The van der Waals surface area contributed by atoms with Gasteiger partial charge in [0, 0.05) is 25.1 Å². The Kier molecular flexibility index (Phi) is 2.78. The fraction of sp³-hybridized carbons (Fsp3) is 0.143. The minimum atomic E-state index is 0. The Hall–Kier alpha value is -0.940. The second kappa shape index (κ2) is 3.64. The van der Waals surface area contributed by atoms with Crippen molar-refractivity contribution in [1.82, 2.24) is 14.4 Å². The van der Waals surface area contributed by atoms with Gasteiger partial charge in [0.1, 0.15) is 0 Å². The zero-order valence-corrected chi connectivity index (χ0v) is 8.06. The molecule has 0 aromatic carbocycles. The van der Waals surface area contributed by atoms with E-state index in [0.29, 0.717) is 12.3 Å². The van der Waals surface area contributed by atoms with Crippen LogP contribution in [0.3, 0.4) is 0 Å². The van der Waals surface area contributed by atoms with E-state index in [2.05, 4.69) is 9.97 Å². The molecule has 64 valence electrons. The summed E-state index contributed by atoms with van der Waals surface area (Å²) in [5.41, 5.74) is 6.27. The average molecular weight is 229 g/mol. The SMILES string of the molecule is Br.NCc1cn2cccnc2n1. The summed E-state index contributed by atoms with van der Waals surface area (Å²) in [6, 6.07) is 1.86. The molecule has 2 aromatic rings. The van der Waals surface area contributed by atoms with E-state index in [4.69, 9.17) is 5.73 Å². The molecule has 2 N–H and O–H groups in total. The molecular weight excluding hydrogens is 220 g/mol. The van der Waals surface area contributed by atoms with E-state index in [9.17, 15) is 0 Å². The first-order valence-electron chi connectivity index (χ1n) is 3.39. The summed E-state index contributed by atoms with van der Waals surface area (Å²) >= 11 is 0. The van der Waals surface area contributed by atoms with E-state index in [1.54, 1.807) is 6.20 Å². The van der Waals surface area contributed by atoms with Gasteiger partial charge in [-0.25, -0.2) is 9.97 Å². The molecule has 2 aromatic heterocycles. The van der Waals surface area contributed by atoms with Crippen LogP contribution in [0.1, 0.15) is 5.69 Å². The second-order valence-electron chi connectivity index (χ2n) is 2.26. The second-order valence-corrected chi connectivity index (χ2v) is 2.26. The number of hydrogen-bond acceptors (Lipinski definition) is 3. The maximum atomic E-state index is 5.41. The predicted molar refractivity (Wildman–Crippen MR) is 51.2 cm³/mol. The van der Waals surface area contributed by atoms with Crippen molar-refractivity contribution in [2.75, 3.05) is 0 Å². The first-order valence-corrected chi connectivity index (χ1v) is 3.39. The quantitative estimate of drug-likeness (QED) is 0.785. The van der Waals surface area contributed by atoms with Gasteiger partial charge in [-0.2, -0.15) is 0 Å². The molecule has 0 amide bonds. The molecule has 0 aliphatic rings. The molecule has 12 heavy (non-hydrogen) atoms. The number of imidazole rings is 1. The van der Waals surface area contributed by atoms with Gasteiger partial charge >= 0.3 is 0 Å². The first-order chi connectivity index (χ1) is 5.40. The fourth-order valence-electron chi connectivity index (χ4n) is 0.978. The minimum absolute atomic E-state index is 0. The smallest absolute Gasteiger partial charge is 0.233 e. The molecule has 5 heteroatoms. The Balaban J connectivity index is 0.000000720. The van der Waals surface area contributed by atoms with Gasteiger partial charge in [0.05, 0.1) is 5.69 Å². The van der Waals surface area contributed by atoms with Gasteiger partial charge in [-0.05, 0) is 6.07 Å². The van der Waals surface area contributed by atoms with Gasteiger partial charge in [0.15, 0.2) is 0 Å². The molecule has 0 atom stereocenters. The first kappa shape index (κ1) is 9.15. The molecule has 2 rings (SSSR count). The molecule has 0 fully saturated rings. The third kappa shape index (κ3) is 1.46. The van der Waals surface area contributed by atoms with Crippen molar-refractivity contribution >= 4 is 22.8 Å². The van der Waals surface area contributed by atoms with E-state index in [-0.39, 0.29) is 17.0 Å². The molecule has 0 radical (unpaired) electrons. The highest BCUT2D eigenvalue weighted by atomic mass is 79.9. The summed E-state index contributed by atoms with van der Waals surface area (Å²) in [4.78, 5) is 8.20. The molecule has 0 saturated carbocycles. The van der Waals surface area contributed by atoms with Crippen LogP contribution >= 0.6 is 17.0 Å². The highest BCUT2D eigenvalue weighted by Crippen LogP contribution is 1.99. The Labute approximate surface area is 80.2 Å².